The van der Waals surface area contributed by atoms with Crippen LogP contribution in [0.2, 0.25) is 0 Å². The fourth-order valence-electron chi connectivity index (χ4n) is 1.41. The minimum absolute atomic E-state index is 0.0384. The molecule has 0 spiro atoms. The van der Waals surface area contributed by atoms with Crippen molar-refractivity contribution in [1.82, 2.24) is 15.1 Å². The van der Waals surface area contributed by atoms with Crippen molar-refractivity contribution in [2.45, 2.75) is 19.5 Å². The van der Waals surface area contributed by atoms with Crippen molar-refractivity contribution >= 4 is 11.9 Å². The number of aromatic nitrogens is 2. The second-order valence-electron chi connectivity index (χ2n) is 3.99. The Hall–Kier alpha value is -2.22. The lowest BCUT2D eigenvalue weighted by molar-refractivity contribution is -0.142. The van der Waals surface area contributed by atoms with Crippen LogP contribution in [0.15, 0.2) is 16.9 Å². The summed E-state index contributed by atoms with van der Waals surface area (Å²) in [6.07, 6.45) is 0. The molecule has 20 heavy (non-hydrogen) atoms. The molecule has 1 aromatic heterocycles. The van der Waals surface area contributed by atoms with Gasteiger partial charge in [-0.3, -0.25) is 9.59 Å². The first-order valence-corrected chi connectivity index (χ1v) is 5.95. The Kier molecular flexibility index (Phi) is 5.85. The molecule has 0 fully saturated rings. The summed E-state index contributed by atoms with van der Waals surface area (Å²) in [6, 6.07) is 1.74. The number of esters is 1. The predicted octanol–water partition coefficient (Wildman–Crippen LogP) is -0.819. The van der Waals surface area contributed by atoms with E-state index in [2.05, 4.69) is 15.2 Å². The third kappa shape index (κ3) is 4.16. The molecule has 8 heteroatoms. The summed E-state index contributed by atoms with van der Waals surface area (Å²) >= 11 is 0. The van der Waals surface area contributed by atoms with Gasteiger partial charge in [-0.1, -0.05) is 0 Å². The number of carbonyl (C=O) groups is 2. The fraction of sp³-hybridized carbons (Fsp3) is 0.500. The highest BCUT2D eigenvalue weighted by Crippen LogP contribution is 1.94. The molecule has 1 N–H and O–H groups in total. The predicted molar refractivity (Wildman–Crippen MR) is 69.3 cm³/mol. The van der Waals surface area contributed by atoms with Gasteiger partial charge in [0, 0.05) is 13.2 Å². The third-order valence-electron chi connectivity index (χ3n) is 2.51. The van der Waals surface area contributed by atoms with Crippen LogP contribution in [-0.4, -0.2) is 48.5 Å². The molecule has 0 aliphatic rings. The maximum absolute atomic E-state index is 11.9. The molecule has 0 saturated carbocycles. The standard InChI is InChI=1S/C12H17N3O5/c1-8(12(18)20-3)13-11(17)9-4-5-10(16)15(14-9)6-7-19-2/h4-5,8H,6-7H2,1-3H3,(H,13,17). The Labute approximate surface area is 115 Å². The summed E-state index contributed by atoms with van der Waals surface area (Å²) in [7, 11) is 2.73. The van der Waals surface area contributed by atoms with Crippen LogP contribution in [-0.2, 0) is 20.8 Å². The summed E-state index contributed by atoms with van der Waals surface area (Å²) in [4.78, 5) is 34.6. The van der Waals surface area contributed by atoms with Gasteiger partial charge in [0.15, 0.2) is 0 Å². The first-order chi connectivity index (χ1) is 9.49. The number of amides is 1. The lowest BCUT2D eigenvalue weighted by atomic mass is 10.3. The Balaban J connectivity index is 2.83. The Morgan fingerprint density at radius 2 is 2.10 bits per heavy atom. The molecule has 1 unspecified atom stereocenters. The molecule has 1 atom stereocenters. The van der Waals surface area contributed by atoms with Crippen molar-refractivity contribution in [3.05, 3.63) is 28.2 Å². The van der Waals surface area contributed by atoms with Crippen LogP contribution in [0.25, 0.3) is 0 Å². The molecule has 1 amide bonds. The summed E-state index contributed by atoms with van der Waals surface area (Å²) in [5, 5.41) is 6.33. The molecule has 0 bridgehead atoms. The van der Waals surface area contributed by atoms with E-state index in [9.17, 15) is 14.4 Å². The molecular weight excluding hydrogens is 266 g/mol. The average Bonchev–Trinajstić information content (AvgIpc) is 2.45. The van der Waals surface area contributed by atoms with E-state index in [0.717, 1.165) is 4.68 Å². The van der Waals surface area contributed by atoms with Gasteiger partial charge in [-0.15, -0.1) is 0 Å². The van der Waals surface area contributed by atoms with Crippen molar-refractivity contribution < 1.29 is 19.1 Å². The van der Waals surface area contributed by atoms with Crippen LogP contribution >= 0.6 is 0 Å². The molecule has 110 valence electrons. The normalized spacial score (nSPS) is 11.8. The molecule has 0 aliphatic heterocycles. The van der Waals surface area contributed by atoms with E-state index in [1.54, 1.807) is 0 Å². The zero-order valence-electron chi connectivity index (χ0n) is 11.6. The zero-order chi connectivity index (χ0) is 15.1. The number of nitrogens with zero attached hydrogens (tertiary/aromatic N) is 2. The number of nitrogens with one attached hydrogen (secondary N) is 1. The second kappa shape index (κ2) is 7.39. The molecule has 0 aliphatic carbocycles. The van der Waals surface area contributed by atoms with Crippen LogP contribution in [0.3, 0.4) is 0 Å². The van der Waals surface area contributed by atoms with Gasteiger partial charge < -0.3 is 14.8 Å². The maximum Gasteiger partial charge on any atom is 0.328 e. The lowest BCUT2D eigenvalue weighted by Crippen LogP contribution is -2.40. The van der Waals surface area contributed by atoms with Crippen LogP contribution in [0, 0.1) is 0 Å². The van der Waals surface area contributed by atoms with E-state index < -0.39 is 17.9 Å². The first-order valence-electron chi connectivity index (χ1n) is 5.95. The maximum atomic E-state index is 11.9. The number of methoxy groups -OCH3 is 2. The van der Waals surface area contributed by atoms with E-state index in [4.69, 9.17) is 4.74 Å². The summed E-state index contributed by atoms with van der Waals surface area (Å²) in [6.45, 7) is 2.03. The molecule has 0 radical (unpaired) electrons. The SMILES string of the molecule is COCCn1nc(C(=O)NC(C)C(=O)OC)ccc1=O. The van der Waals surface area contributed by atoms with Gasteiger partial charge in [0.1, 0.15) is 11.7 Å². The number of hydrogen-bond acceptors (Lipinski definition) is 6. The fourth-order valence-corrected chi connectivity index (χ4v) is 1.41. The number of hydrogen-bond donors (Lipinski definition) is 1. The third-order valence-corrected chi connectivity index (χ3v) is 2.51. The van der Waals surface area contributed by atoms with Crippen molar-refractivity contribution in [3.8, 4) is 0 Å². The van der Waals surface area contributed by atoms with E-state index in [1.807, 2.05) is 0 Å². The molecule has 8 nitrogen and oxygen atoms in total. The quantitative estimate of drug-likeness (QED) is 0.685. The van der Waals surface area contributed by atoms with Gasteiger partial charge >= 0.3 is 5.97 Å². The number of rotatable bonds is 6. The number of ether oxygens (including phenoxy) is 2. The highest BCUT2D eigenvalue weighted by Gasteiger charge is 2.18. The largest absolute Gasteiger partial charge is 0.467 e. The topological polar surface area (TPSA) is 99.5 Å². The number of carbonyl (C=O) groups excluding carboxylic acids is 2. The van der Waals surface area contributed by atoms with Crippen LogP contribution in [0.1, 0.15) is 17.4 Å². The second-order valence-corrected chi connectivity index (χ2v) is 3.99. The van der Waals surface area contributed by atoms with Crippen molar-refractivity contribution in [2.75, 3.05) is 20.8 Å². The Morgan fingerprint density at radius 3 is 2.70 bits per heavy atom. The van der Waals surface area contributed by atoms with Crippen molar-refractivity contribution in [3.63, 3.8) is 0 Å². The summed E-state index contributed by atoms with van der Waals surface area (Å²) < 4.78 is 10.5. The van der Waals surface area contributed by atoms with Crippen LogP contribution in [0.5, 0.6) is 0 Å². The average molecular weight is 283 g/mol. The van der Waals surface area contributed by atoms with Gasteiger partial charge in [0.2, 0.25) is 0 Å². The molecule has 0 saturated heterocycles. The Bertz CT molecular complexity index is 540. The zero-order valence-corrected chi connectivity index (χ0v) is 11.6. The van der Waals surface area contributed by atoms with E-state index >= 15 is 0 Å². The van der Waals surface area contributed by atoms with Crippen LogP contribution < -0.4 is 10.9 Å². The lowest BCUT2D eigenvalue weighted by Gasteiger charge is -2.11. The molecule has 1 heterocycles. The van der Waals surface area contributed by atoms with Gasteiger partial charge in [-0.2, -0.15) is 5.10 Å². The van der Waals surface area contributed by atoms with Crippen LogP contribution in [0.4, 0.5) is 0 Å². The van der Waals surface area contributed by atoms with Gasteiger partial charge in [-0.25, -0.2) is 9.48 Å². The van der Waals surface area contributed by atoms with Gasteiger partial charge in [0.05, 0.1) is 20.3 Å². The molecule has 1 aromatic rings. The van der Waals surface area contributed by atoms with E-state index in [-0.39, 0.29) is 17.8 Å². The molecule has 1 rings (SSSR count). The highest BCUT2D eigenvalue weighted by molar-refractivity contribution is 5.94. The summed E-state index contributed by atoms with van der Waals surface area (Å²) in [5.41, 5.74) is -0.295. The van der Waals surface area contributed by atoms with Gasteiger partial charge in [0.25, 0.3) is 11.5 Å². The minimum Gasteiger partial charge on any atom is -0.467 e. The highest BCUT2D eigenvalue weighted by atomic mass is 16.5. The smallest absolute Gasteiger partial charge is 0.328 e. The van der Waals surface area contributed by atoms with Crippen molar-refractivity contribution in [2.24, 2.45) is 0 Å². The van der Waals surface area contributed by atoms with E-state index in [0.29, 0.717) is 6.61 Å². The van der Waals surface area contributed by atoms with Gasteiger partial charge in [-0.05, 0) is 13.0 Å². The molecule has 0 aromatic carbocycles. The molecular formula is C12H17N3O5. The monoisotopic (exact) mass is 283 g/mol. The Morgan fingerprint density at radius 1 is 1.40 bits per heavy atom. The minimum atomic E-state index is -0.798. The van der Waals surface area contributed by atoms with Crippen molar-refractivity contribution in [1.29, 1.82) is 0 Å². The first kappa shape index (κ1) is 15.8. The van der Waals surface area contributed by atoms with E-state index in [1.165, 1.54) is 33.3 Å². The summed E-state index contributed by atoms with van der Waals surface area (Å²) in [5.74, 6) is -1.12.